The molecule has 94 heavy (non-hydrogen) atoms. The van der Waals surface area contributed by atoms with Crippen LogP contribution in [0.2, 0.25) is 0 Å². The highest BCUT2D eigenvalue weighted by molar-refractivity contribution is 7.47. The summed E-state index contributed by atoms with van der Waals surface area (Å²) in [7, 11) is -9.91. The maximum atomic E-state index is 13.1. The second kappa shape index (κ2) is 68.2. The Balaban J connectivity index is 5.24. The Morgan fingerprint density at radius 1 is 0.287 bits per heavy atom. The van der Waals surface area contributed by atoms with Gasteiger partial charge >= 0.3 is 39.5 Å². The van der Waals surface area contributed by atoms with Gasteiger partial charge in [-0.1, -0.05) is 343 Å². The number of carbonyl (C=O) groups is 4. The summed E-state index contributed by atoms with van der Waals surface area (Å²) < 4.78 is 68.5. The topological polar surface area (TPSA) is 237 Å². The van der Waals surface area contributed by atoms with Crippen molar-refractivity contribution in [2.75, 3.05) is 39.6 Å². The average Bonchev–Trinajstić information content (AvgIpc) is 1.85. The van der Waals surface area contributed by atoms with Crippen molar-refractivity contribution in [2.24, 2.45) is 5.92 Å². The minimum Gasteiger partial charge on any atom is -0.462 e. The van der Waals surface area contributed by atoms with E-state index >= 15 is 0 Å². The number of unbranched alkanes of at least 4 members (excludes halogenated alkanes) is 47. The fourth-order valence-corrected chi connectivity index (χ4v) is 13.1. The highest BCUT2D eigenvalue weighted by Crippen LogP contribution is 2.45. The third-order valence-electron chi connectivity index (χ3n) is 17.5. The molecule has 0 fully saturated rings. The first-order valence-corrected chi connectivity index (χ1v) is 42.1. The van der Waals surface area contributed by atoms with Gasteiger partial charge in [0, 0.05) is 25.7 Å². The van der Waals surface area contributed by atoms with Crippen LogP contribution < -0.4 is 0 Å². The zero-order valence-electron chi connectivity index (χ0n) is 61.1. The van der Waals surface area contributed by atoms with Crippen LogP contribution in [0.4, 0.5) is 0 Å². The molecule has 3 N–H and O–H groups in total. The van der Waals surface area contributed by atoms with E-state index in [-0.39, 0.29) is 25.7 Å². The number of hydrogen-bond donors (Lipinski definition) is 3. The second-order valence-corrected chi connectivity index (χ2v) is 30.4. The van der Waals surface area contributed by atoms with Gasteiger partial charge in [-0.3, -0.25) is 37.3 Å². The molecule has 0 bridgehead atoms. The number of aliphatic hydroxyl groups excluding tert-OH is 1. The van der Waals surface area contributed by atoms with Crippen molar-refractivity contribution in [1.29, 1.82) is 0 Å². The highest BCUT2D eigenvalue weighted by Gasteiger charge is 2.30. The molecule has 0 radical (unpaired) electrons. The van der Waals surface area contributed by atoms with Crippen LogP contribution in [0.5, 0.6) is 0 Å². The van der Waals surface area contributed by atoms with Crippen molar-refractivity contribution in [3.05, 3.63) is 0 Å². The molecule has 0 aliphatic heterocycles. The fourth-order valence-electron chi connectivity index (χ4n) is 11.5. The minimum absolute atomic E-state index is 0.106. The molecule has 2 unspecified atom stereocenters. The quantitative estimate of drug-likeness (QED) is 0.0222. The zero-order chi connectivity index (χ0) is 69.1. The number of rotatable bonds is 75. The molecule has 0 amide bonds. The minimum atomic E-state index is -4.96. The first-order valence-electron chi connectivity index (χ1n) is 39.1. The van der Waals surface area contributed by atoms with Crippen LogP contribution in [-0.4, -0.2) is 96.7 Å². The van der Waals surface area contributed by atoms with Gasteiger partial charge in [-0.05, 0) is 31.6 Å². The van der Waals surface area contributed by atoms with Crippen LogP contribution in [0.1, 0.15) is 394 Å². The predicted molar refractivity (Wildman–Crippen MR) is 382 cm³/mol. The molecule has 0 heterocycles. The third kappa shape index (κ3) is 68.6. The monoisotopic (exact) mass is 1380 g/mol. The summed E-state index contributed by atoms with van der Waals surface area (Å²) in [4.78, 5) is 72.8. The lowest BCUT2D eigenvalue weighted by molar-refractivity contribution is -0.161. The van der Waals surface area contributed by atoms with Crippen LogP contribution in [0.3, 0.4) is 0 Å². The zero-order valence-corrected chi connectivity index (χ0v) is 62.9. The second-order valence-electron chi connectivity index (χ2n) is 27.5. The van der Waals surface area contributed by atoms with E-state index in [1.54, 1.807) is 0 Å². The summed E-state index contributed by atoms with van der Waals surface area (Å²) in [6, 6.07) is 0. The molecule has 0 spiro atoms. The largest absolute Gasteiger partial charge is 0.472 e. The molecule has 19 heteroatoms. The van der Waals surface area contributed by atoms with Gasteiger partial charge in [0.05, 0.1) is 26.4 Å². The molecule has 5 atom stereocenters. The molecule has 17 nitrogen and oxygen atoms in total. The molecule has 0 aromatic rings. The van der Waals surface area contributed by atoms with E-state index in [0.717, 1.165) is 95.8 Å². The Labute approximate surface area is 575 Å². The smallest absolute Gasteiger partial charge is 0.462 e. The number of ether oxygens (including phenoxy) is 4. The van der Waals surface area contributed by atoms with Gasteiger partial charge in [-0.2, -0.15) is 0 Å². The third-order valence-corrected chi connectivity index (χ3v) is 19.4. The van der Waals surface area contributed by atoms with Gasteiger partial charge in [0.25, 0.3) is 0 Å². The lowest BCUT2D eigenvalue weighted by atomic mass is 10.0. The molecule has 0 aromatic carbocycles. The summed E-state index contributed by atoms with van der Waals surface area (Å²) in [6.07, 6.45) is 56.8. The maximum Gasteiger partial charge on any atom is 0.472 e. The van der Waals surface area contributed by atoms with Crippen molar-refractivity contribution in [2.45, 2.75) is 412 Å². The number of phosphoric ester groups is 2. The molecular weight excluding hydrogens is 1230 g/mol. The Morgan fingerprint density at radius 2 is 0.489 bits per heavy atom. The van der Waals surface area contributed by atoms with Gasteiger partial charge in [-0.15, -0.1) is 0 Å². The number of aliphatic hydroxyl groups is 1. The summed E-state index contributed by atoms with van der Waals surface area (Å²) in [5, 5.41) is 10.6. The van der Waals surface area contributed by atoms with E-state index in [2.05, 4.69) is 34.6 Å². The average molecular weight is 1380 g/mol. The Kier molecular flexibility index (Phi) is 66.8. The summed E-state index contributed by atoms with van der Waals surface area (Å²) in [5.41, 5.74) is 0. The number of phosphoric acid groups is 2. The highest BCUT2D eigenvalue weighted by atomic mass is 31.2. The first kappa shape index (κ1) is 92.1. The van der Waals surface area contributed by atoms with Gasteiger partial charge in [0.2, 0.25) is 0 Å². The number of esters is 4. The Bertz CT molecular complexity index is 1810. The van der Waals surface area contributed by atoms with Crippen molar-refractivity contribution in [1.82, 2.24) is 0 Å². The Hall–Kier alpha value is -1.94. The van der Waals surface area contributed by atoms with E-state index < -0.39 is 97.5 Å². The number of carbonyl (C=O) groups excluding carboxylic acids is 4. The van der Waals surface area contributed by atoms with Gasteiger partial charge in [0.1, 0.15) is 19.3 Å². The van der Waals surface area contributed by atoms with Crippen molar-refractivity contribution < 1.29 is 80.2 Å². The van der Waals surface area contributed by atoms with E-state index in [9.17, 15) is 43.2 Å². The molecule has 0 aliphatic rings. The van der Waals surface area contributed by atoms with E-state index in [4.69, 9.17) is 37.0 Å². The molecule has 558 valence electrons. The first-order chi connectivity index (χ1) is 45.5. The molecule has 0 saturated heterocycles. The molecule has 0 saturated carbocycles. The van der Waals surface area contributed by atoms with Crippen molar-refractivity contribution in [3.63, 3.8) is 0 Å². The molecule has 0 rings (SSSR count). The fraction of sp³-hybridized carbons (Fsp3) is 0.947. The molecule has 0 aliphatic carbocycles. The molecule has 0 aromatic heterocycles. The van der Waals surface area contributed by atoms with Gasteiger partial charge in [0.15, 0.2) is 12.2 Å². The van der Waals surface area contributed by atoms with Crippen LogP contribution >= 0.6 is 15.6 Å². The van der Waals surface area contributed by atoms with Gasteiger partial charge < -0.3 is 33.8 Å². The summed E-state index contributed by atoms with van der Waals surface area (Å²) >= 11 is 0. The lowest BCUT2D eigenvalue weighted by Crippen LogP contribution is -2.30. The van der Waals surface area contributed by atoms with E-state index in [1.165, 1.54) is 218 Å². The standard InChI is InChI=1S/C75H146O17P2/c1-6-9-12-15-18-21-24-26-27-28-29-30-32-35-40-45-50-55-60-74(79)91-70(64-86-73(78)59-54-49-44-39-34-31-25-22-19-16-13-10-7-2)66-89-93(81,82)87-62-69(76)63-88-94(83,84)90-67-71(65-85-72(77)58-53-48-43-38-33-23-20-17-14-11-8-3)92-75(80)61-56-51-46-41-36-37-42-47-52-57-68(4)5/h68-71,76H,6-67H2,1-5H3,(H,81,82)(H,83,84)/t69-,70-,71-/m1/s1. The van der Waals surface area contributed by atoms with Crippen LogP contribution in [0.15, 0.2) is 0 Å². The van der Waals surface area contributed by atoms with Crippen molar-refractivity contribution in [3.8, 4) is 0 Å². The normalized spacial score (nSPS) is 14.0. The maximum absolute atomic E-state index is 13.1. The predicted octanol–water partition coefficient (Wildman–Crippen LogP) is 22.1. The van der Waals surface area contributed by atoms with Crippen LogP contribution in [0, 0.1) is 5.92 Å². The lowest BCUT2D eigenvalue weighted by Gasteiger charge is -2.21. The number of hydrogen-bond acceptors (Lipinski definition) is 15. The van der Waals surface area contributed by atoms with Crippen LogP contribution in [0.25, 0.3) is 0 Å². The Morgan fingerprint density at radius 3 is 0.723 bits per heavy atom. The van der Waals surface area contributed by atoms with Gasteiger partial charge in [-0.25, -0.2) is 9.13 Å². The van der Waals surface area contributed by atoms with E-state index in [0.29, 0.717) is 25.7 Å². The summed E-state index contributed by atoms with van der Waals surface area (Å²) in [5.74, 6) is -1.38. The van der Waals surface area contributed by atoms with Crippen LogP contribution in [-0.2, 0) is 65.4 Å². The van der Waals surface area contributed by atoms with Crippen molar-refractivity contribution >= 4 is 39.5 Å². The molecular formula is C75H146O17P2. The SMILES string of the molecule is CCCCCCCCCCCCCCCCCCCCC(=O)O[C@H](COC(=O)CCCCCCCCCCCCCCC)COP(=O)(O)OC[C@@H](O)COP(=O)(O)OC[C@@H](COC(=O)CCCCCCCCCCCCC)OC(=O)CCCCCCCCCCCC(C)C. The van der Waals surface area contributed by atoms with E-state index in [1.807, 2.05) is 0 Å². The summed E-state index contributed by atoms with van der Waals surface area (Å²) in [6.45, 7) is 7.26.